The third kappa shape index (κ3) is 4.19. The molecule has 0 heterocycles. The summed E-state index contributed by atoms with van der Waals surface area (Å²) in [4.78, 5) is 10.3. The van der Waals surface area contributed by atoms with E-state index in [4.69, 9.17) is 0 Å². The fourth-order valence-corrected chi connectivity index (χ4v) is 1.02. The first-order chi connectivity index (χ1) is 4.35. The molecule has 0 aromatic rings. The molecule has 0 amide bonds. The molecule has 54 valence electrons. The molecule has 1 nitrogen and oxygen atoms in total. The zero-order valence-corrected chi connectivity index (χ0v) is 6.39. The molecule has 0 unspecified atom stereocenters. The lowest BCUT2D eigenvalue weighted by Gasteiger charge is -2.04. The summed E-state index contributed by atoms with van der Waals surface area (Å²) in [5, 5.41) is 0. The van der Waals surface area contributed by atoms with Gasteiger partial charge in [-0.05, 0) is 12.8 Å². The van der Waals surface area contributed by atoms with E-state index in [0.29, 0.717) is 5.92 Å². The summed E-state index contributed by atoms with van der Waals surface area (Å²) < 4.78 is 0. The molecule has 0 aliphatic carbocycles. The van der Waals surface area contributed by atoms with Gasteiger partial charge in [-0.15, -0.1) is 0 Å². The Labute approximate surface area is 57.5 Å². The van der Waals surface area contributed by atoms with Crippen molar-refractivity contribution < 1.29 is 4.79 Å². The SMILES string of the molecule is CCCC(C=O)CCC. The van der Waals surface area contributed by atoms with Gasteiger partial charge in [-0.1, -0.05) is 26.7 Å². The quantitative estimate of drug-likeness (QED) is 0.519. The molecule has 0 radical (unpaired) electrons. The van der Waals surface area contributed by atoms with Crippen LogP contribution in [0.2, 0.25) is 0 Å². The lowest BCUT2D eigenvalue weighted by molar-refractivity contribution is -0.111. The van der Waals surface area contributed by atoms with E-state index in [9.17, 15) is 4.79 Å². The fourth-order valence-electron chi connectivity index (χ4n) is 1.02. The zero-order chi connectivity index (χ0) is 7.11. The van der Waals surface area contributed by atoms with Gasteiger partial charge in [0, 0.05) is 5.92 Å². The molecule has 0 rings (SSSR count). The highest BCUT2D eigenvalue weighted by Crippen LogP contribution is 2.09. The average molecular weight is 128 g/mol. The van der Waals surface area contributed by atoms with E-state index >= 15 is 0 Å². The predicted molar refractivity (Wildman–Crippen MR) is 39.4 cm³/mol. The maximum absolute atomic E-state index is 10.3. The molecular weight excluding hydrogens is 112 g/mol. The van der Waals surface area contributed by atoms with Gasteiger partial charge in [0.1, 0.15) is 6.29 Å². The Morgan fingerprint density at radius 1 is 1.22 bits per heavy atom. The van der Waals surface area contributed by atoms with Crippen molar-refractivity contribution >= 4 is 6.29 Å². The third-order valence-corrected chi connectivity index (χ3v) is 1.51. The van der Waals surface area contributed by atoms with E-state index < -0.39 is 0 Å². The summed E-state index contributed by atoms with van der Waals surface area (Å²) in [5.74, 6) is 0.333. The minimum Gasteiger partial charge on any atom is -0.303 e. The van der Waals surface area contributed by atoms with Crippen LogP contribution < -0.4 is 0 Å². The predicted octanol–water partition coefficient (Wildman–Crippen LogP) is 2.40. The van der Waals surface area contributed by atoms with Gasteiger partial charge in [0.15, 0.2) is 0 Å². The first kappa shape index (κ1) is 8.67. The number of hydrogen-bond donors (Lipinski definition) is 0. The second-order valence-electron chi connectivity index (χ2n) is 2.47. The van der Waals surface area contributed by atoms with Crippen LogP contribution in [0.15, 0.2) is 0 Å². The van der Waals surface area contributed by atoms with Crippen LogP contribution in [0.4, 0.5) is 0 Å². The molecule has 0 fully saturated rings. The molecule has 0 aliphatic heterocycles. The standard InChI is InChI=1S/C8H16O/c1-3-5-8(7-9)6-4-2/h7-8H,3-6H2,1-2H3. The number of carbonyl (C=O) groups excluding carboxylic acids is 1. The van der Waals surface area contributed by atoms with Crippen LogP contribution >= 0.6 is 0 Å². The Kier molecular flexibility index (Phi) is 5.59. The van der Waals surface area contributed by atoms with Gasteiger partial charge >= 0.3 is 0 Å². The maximum Gasteiger partial charge on any atom is 0.123 e. The normalized spacial score (nSPS) is 10.1. The van der Waals surface area contributed by atoms with E-state index in [1.807, 2.05) is 0 Å². The Balaban J connectivity index is 3.29. The van der Waals surface area contributed by atoms with E-state index in [1.165, 1.54) is 0 Å². The van der Waals surface area contributed by atoms with Crippen molar-refractivity contribution in [1.29, 1.82) is 0 Å². The molecule has 9 heavy (non-hydrogen) atoms. The van der Waals surface area contributed by atoms with Crippen molar-refractivity contribution in [2.24, 2.45) is 5.92 Å². The first-order valence-corrected chi connectivity index (χ1v) is 3.80. The molecular formula is C8H16O. The highest BCUT2D eigenvalue weighted by molar-refractivity contribution is 5.53. The number of aldehydes is 1. The largest absolute Gasteiger partial charge is 0.303 e. The van der Waals surface area contributed by atoms with E-state index in [-0.39, 0.29) is 0 Å². The molecule has 0 spiro atoms. The van der Waals surface area contributed by atoms with Gasteiger partial charge < -0.3 is 4.79 Å². The van der Waals surface area contributed by atoms with Crippen LogP contribution in [-0.4, -0.2) is 6.29 Å². The van der Waals surface area contributed by atoms with Crippen molar-refractivity contribution in [1.82, 2.24) is 0 Å². The third-order valence-electron chi connectivity index (χ3n) is 1.51. The van der Waals surface area contributed by atoms with Crippen LogP contribution in [0.5, 0.6) is 0 Å². The number of hydrogen-bond acceptors (Lipinski definition) is 1. The first-order valence-electron chi connectivity index (χ1n) is 3.80. The summed E-state index contributed by atoms with van der Waals surface area (Å²) >= 11 is 0. The van der Waals surface area contributed by atoms with Gasteiger partial charge in [-0.25, -0.2) is 0 Å². The molecule has 0 atom stereocenters. The van der Waals surface area contributed by atoms with Crippen molar-refractivity contribution in [2.75, 3.05) is 0 Å². The topological polar surface area (TPSA) is 17.1 Å². The van der Waals surface area contributed by atoms with Crippen molar-refractivity contribution in [3.63, 3.8) is 0 Å². The van der Waals surface area contributed by atoms with Crippen LogP contribution in [-0.2, 0) is 4.79 Å². The summed E-state index contributed by atoms with van der Waals surface area (Å²) in [7, 11) is 0. The Bertz CT molecular complexity index is 63.0. The molecule has 0 N–H and O–H groups in total. The maximum atomic E-state index is 10.3. The molecule has 0 saturated carbocycles. The lowest BCUT2D eigenvalue weighted by atomic mass is 10.0. The summed E-state index contributed by atoms with van der Waals surface area (Å²) in [6.45, 7) is 4.23. The van der Waals surface area contributed by atoms with E-state index in [0.717, 1.165) is 32.0 Å². The fraction of sp³-hybridized carbons (Fsp3) is 0.875. The van der Waals surface area contributed by atoms with Crippen LogP contribution in [0.3, 0.4) is 0 Å². The highest BCUT2D eigenvalue weighted by atomic mass is 16.1. The van der Waals surface area contributed by atoms with Gasteiger partial charge in [0.25, 0.3) is 0 Å². The Hall–Kier alpha value is -0.330. The van der Waals surface area contributed by atoms with Crippen LogP contribution in [0.1, 0.15) is 39.5 Å². The summed E-state index contributed by atoms with van der Waals surface area (Å²) in [6.07, 6.45) is 5.48. The molecule has 0 saturated heterocycles. The van der Waals surface area contributed by atoms with E-state index in [1.54, 1.807) is 0 Å². The average Bonchev–Trinajstić information content (AvgIpc) is 1.88. The summed E-state index contributed by atoms with van der Waals surface area (Å²) in [5.41, 5.74) is 0. The minimum atomic E-state index is 0.333. The van der Waals surface area contributed by atoms with E-state index in [2.05, 4.69) is 13.8 Å². The van der Waals surface area contributed by atoms with Gasteiger partial charge in [0.05, 0.1) is 0 Å². The van der Waals surface area contributed by atoms with Gasteiger partial charge in [-0.2, -0.15) is 0 Å². The minimum absolute atomic E-state index is 0.333. The molecule has 0 aromatic carbocycles. The van der Waals surface area contributed by atoms with Gasteiger partial charge in [0.2, 0.25) is 0 Å². The molecule has 0 aromatic heterocycles. The smallest absolute Gasteiger partial charge is 0.123 e. The Morgan fingerprint density at radius 2 is 1.67 bits per heavy atom. The molecule has 0 aliphatic rings. The van der Waals surface area contributed by atoms with Gasteiger partial charge in [-0.3, -0.25) is 0 Å². The monoisotopic (exact) mass is 128 g/mol. The second-order valence-corrected chi connectivity index (χ2v) is 2.47. The lowest BCUT2D eigenvalue weighted by Crippen LogP contribution is -1.99. The van der Waals surface area contributed by atoms with Crippen molar-refractivity contribution in [3.05, 3.63) is 0 Å². The summed E-state index contributed by atoms with van der Waals surface area (Å²) in [6, 6.07) is 0. The molecule has 1 heteroatoms. The second kappa shape index (κ2) is 5.80. The van der Waals surface area contributed by atoms with Crippen molar-refractivity contribution in [2.45, 2.75) is 39.5 Å². The highest BCUT2D eigenvalue weighted by Gasteiger charge is 2.02. The number of carbonyl (C=O) groups is 1. The van der Waals surface area contributed by atoms with Crippen LogP contribution in [0.25, 0.3) is 0 Å². The molecule has 0 bridgehead atoms. The van der Waals surface area contributed by atoms with Crippen LogP contribution in [0, 0.1) is 5.92 Å². The zero-order valence-electron chi connectivity index (χ0n) is 6.39. The number of rotatable bonds is 5. The van der Waals surface area contributed by atoms with Crippen molar-refractivity contribution in [3.8, 4) is 0 Å². The Morgan fingerprint density at radius 3 is 1.89 bits per heavy atom.